The van der Waals surface area contributed by atoms with E-state index in [0.717, 1.165) is 5.56 Å². The first kappa shape index (κ1) is 16.8. The number of fused-ring (bicyclic) bond motifs is 1. The summed E-state index contributed by atoms with van der Waals surface area (Å²) < 4.78 is 14.6. The quantitative estimate of drug-likeness (QED) is 0.422. The van der Waals surface area contributed by atoms with Gasteiger partial charge in [-0.1, -0.05) is 35.5 Å². The molecule has 0 fully saturated rings. The highest BCUT2D eigenvalue weighted by atomic mass is 35.5. The van der Waals surface area contributed by atoms with Crippen molar-refractivity contribution in [3.63, 3.8) is 0 Å². The van der Waals surface area contributed by atoms with Crippen LogP contribution in [0.5, 0.6) is 0 Å². The maximum Gasteiger partial charge on any atom is 0.269 e. The Morgan fingerprint density at radius 3 is 2.58 bits per heavy atom. The topological polar surface area (TPSA) is 63.6 Å². The highest BCUT2D eigenvalue weighted by Crippen LogP contribution is 2.24. The SMILES string of the molecule is O=c1c2cn[nH]c2nc(SCc2ccc(F)cc2)n1-c1ccc(Cl)cc1. The van der Waals surface area contributed by atoms with Crippen LogP contribution in [0.15, 0.2) is 64.7 Å². The first-order valence-electron chi connectivity index (χ1n) is 7.71. The van der Waals surface area contributed by atoms with Gasteiger partial charge in [-0.3, -0.25) is 14.5 Å². The molecule has 0 saturated heterocycles. The molecule has 130 valence electrons. The number of nitrogens with one attached hydrogen (secondary N) is 1. The van der Waals surface area contributed by atoms with E-state index in [1.165, 1.54) is 34.7 Å². The third kappa shape index (κ3) is 3.23. The van der Waals surface area contributed by atoms with Gasteiger partial charge in [0.15, 0.2) is 10.8 Å². The van der Waals surface area contributed by atoms with E-state index >= 15 is 0 Å². The number of hydrogen-bond donors (Lipinski definition) is 1. The zero-order valence-corrected chi connectivity index (χ0v) is 14.9. The second kappa shape index (κ2) is 6.93. The Morgan fingerprint density at radius 1 is 1.12 bits per heavy atom. The Labute approximate surface area is 156 Å². The van der Waals surface area contributed by atoms with E-state index in [0.29, 0.717) is 32.7 Å². The molecule has 4 aromatic rings. The van der Waals surface area contributed by atoms with Crippen molar-refractivity contribution in [2.24, 2.45) is 0 Å². The van der Waals surface area contributed by atoms with Crippen molar-refractivity contribution >= 4 is 34.4 Å². The van der Waals surface area contributed by atoms with Crippen LogP contribution in [0.25, 0.3) is 16.7 Å². The summed E-state index contributed by atoms with van der Waals surface area (Å²) >= 11 is 7.34. The minimum Gasteiger partial charge on any atom is -0.268 e. The monoisotopic (exact) mass is 386 g/mol. The lowest BCUT2D eigenvalue weighted by Gasteiger charge is -2.12. The molecule has 0 bridgehead atoms. The average molecular weight is 387 g/mol. The van der Waals surface area contributed by atoms with Crippen LogP contribution < -0.4 is 5.56 Å². The van der Waals surface area contributed by atoms with Gasteiger partial charge in [0.1, 0.15) is 11.2 Å². The summed E-state index contributed by atoms with van der Waals surface area (Å²) in [6, 6.07) is 13.2. The van der Waals surface area contributed by atoms with Gasteiger partial charge in [0, 0.05) is 10.8 Å². The zero-order chi connectivity index (χ0) is 18.1. The molecule has 0 aliphatic heterocycles. The third-order valence-electron chi connectivity index (χ3n) is 3.82. The molecule has 4 rings (SSSR count). The first-order chi connectivity index (χ1) is 12.6. The van der Waals surface area contributed by atoms with Gasteiger partial charge in [0.05, 0.1) is 11.9 Å². The van der Waals surface area contributed by atoms with Crippen molar-refractivity contribution in [2.75, 3.05) is 0 Å². The number of halogens is 2. The molecule has 26 heavy (non-hydrogen) atoms. The predicted molar refractivity (Wildman–Crippen MR) is 100 cm³/mol. The molecule has 2 heterocycles. The molecular weight excluding hydrogens is 375 g/mol. The highest BCUT2D eigenvalue weighted by molar-refractivity contribution is 7.98. The van der Waals surface area contributed by atoms with Crippen LogP contribution in [0.2, 0.25) is 5.02 Å². The Bertz CT molecular complexity index is 1120. The maximum atomic E-state index is 13.1. The highest BCUT2D eigenvalue weighted by Gasteiger charge is 2.15. The number of nitrogens with zero attached hydrogens (tertiary/aromatic N) is 3. The maximum absolute atomic E-state index is 13.1. The van der Waals surface area contributed by atoms with Crippen molar-refractivity contribution < 1.29 is 4.39 Å². The minimum atomic E-state index is -0.283. The van der Waals surface area contributed by atoms with Crippen LogP contribution in [0.4, 0.5) is 4.39 Å². The fraction of sp³-hybridized carbons (Fsp3) is 0.0556. The Kier molecular flexibility index (Phi) is 4.48. The molecule has 0 radical (unpaired) electrons. The summed E-state index contributed by atoms with van der Waals surface area (Å²) in [5, 5.41) is 8.15. The molecule has 0 saturated carbocycles. The number of aromatic amines is 1. The molecule has 0 amide bonds. The molecule has 8 heteroatoms. The summed E-state index contributed by atoms with van der Waals surface area (Å²) in [5.74, 6) is 0.258. The molecule has 0 unspecified atom stereocenters. The Balaban J connectivity index is 1.79. The fourth-order valence-electron chi connectivity index (χ4n) is 2.52. The van der Waals surface area contributed by atoms with Crippen molar-refractivity contribution in [1.29, 1.82) is 0 Å². The van der Waals surface area contributed by atoms with E-state index < -0.39 is 0 Å². The zero-order valence-electron chi connectivity index (χ0n) is 13.3. The van der Waals surface area contributed by atoms with Crippen LogP contribution in [-0.2, 0) is 5.75 Å². The van der Waals surface area contributed by atoms with Crippen LogP contribution in [-0.4, -0.2) is 19.7 Å². The molecule has 0 aliphatic rings. The molecule has 1 N–H and O–H groups in total. The number of hydrogen-bond acceptors (Lipinski definition) is 4. The van der Waals surface area contributed by atoms with Crippen LogP contribution in [0.3, 0.4) is 0 Å². The average Bonchev–Trinajstić information content (AvgIpc) is 3.11. The van der Waals surface area contributed by atoms with E-state index in [2.05, 4.69) is 15.2 Å². The van der Waals surface area contributed by atoms with Gasteiger partial charge in [-0.25, -0.2) is 9.37 Å². The van der Waals surface area contributed by atoms with Crippen molar-refractivity contribution in [3.8, 4) is 5.69 Å². The fourth-order valence-corrected chi connectivity index (χ4v) is 3.60. The standard InChI is InChI=1S/C18H12ClFN4OS/c19-12-3-7-14(8-4-12)24-17(25)15-9-21-23-16(15)22-18(24)26-10-11-1-5-13(20)6-2-11/h1-9H,10H2,(H,21,23). The van der Waals surface area contributed by atoms with Crippen LogP contribution in [0, 0.1) is 5.82 Å². The predicted octanol–water partition coefficient (Wildman–Crippen LogP) is 4.19. The number of rotatable bonds is 4. The first-order valence-corrected chi connectivity index (χ1v) is 9.07. The lowest BCUT2D eigenvalue weighted by molar-refractivity contribution is 0.627. The summed E-state index contributed by atoms with van der Waals surface area (Å²) in [4.78, 5) is 17.4. The Hall–Kier alpha value is -2.64. The van der Waals surface area contributed by atoms with Gasteiger partial charge in [-0.05, 0) is 42.0 Å². The molecule has 5 nitrogen and oxygen atoms in total. The van der Waals surface area contributed by atoms with Crippen LogP contribution in [0.1, 0.15) is 5.56 Å². The van der Waals surface area contributed by atoms with E-state index in [1.54, 1.807) is 36.4 Å². The van der Waals surface area contributed by atoms with Gasteiger partial charge >= 0.3 is 0 Å². The van der Waals surface area contributed by atoms with Gasteiger partial charge in [-0.15, -0.1) is 0 Å². The van der Waals surface area contributed by atoms with Crippen molar-refractivity contribution in [3.05, 3.63) is 81.5 Å². The molecule has 2 aromatic carbocycles. The second-order valence-corrected chi connectivity index (χ2v) is 6.94. The lowest BCUT2D eigenvalue weighted by Crippen LogP contribution is -2.21. The van der Waals surface area contributed by atoms with Gasteiger partial charge in [0.2, 0.25) is 0 Å². The lowest BCUT2D eigenvalue weighted by atomic mass is 10.2. The number of H-pyrrole nitrogens is 1. The van der Waals surface area contributed by atoms with Crippen LogP contribution >= 0.6 is 23.4 Å². The van der Waals surface area contributed by atoms with Gasteiger partial charge in [-0.2, -0.15) is 5.10 Å². The van der Waals surface area contributed by atoms with Gasteiger partial charge < -0.3 is 0 Å². The number of aromatic nitrogens is 4. The van der Waals surface area contributed by atoms with E-state index in [9.17, 15) is 9.18 Å². The molecule has 2 aromatic heterocycles. The third-order valence-corrected chi connectivity index (χ3v) is 5.08. The summed E-state index contributed by atoms with van der Waals surface area (Å²) in [5.41, 5.74) is 1.81. The van der Waals surface area contributed by atoms with Gasteiger partial charge in [0.25, 0.3) is 5.56 Å². The summed E-state index contributed by atoms with van der Waals surface area (Å²) in [7, 11) is 0. The Morgan fingerprint density at radius 2 is 1.85 bits per heavy atom. The smallest absolute Gasteiger partial charge is 0.268 e. The summed E-state index contributed by atoms with van der Waals surface area (Å²) in [6.45, 7) is 0. The van der Waals surface area contributed by atoms with E-state index in [1.807, 2.05) is 0 Å². The molecule has 0 spiro atoms. The molecule has 0 atom stereocenters. The molecular formula is C18H12ClFN4OS. The normalized spacial score (nSPS) is 11.2. The number of thioether (sulfide) groups is 1. The minimum absolute atomic E-state index is 0.215. The van der Waals surface area contributed by atoms with Crippen molar-refractivity contribution in [1.82, 2.24) is 19.7 Å². The van der Waals surface area contributed by atoms with Crippen molar-refractivity contribution in [2.45, 2.75) is 10.9 Å². The number of benzene rings is 2. The van der Waals surface area contributed by atoms with E-state index in [4.69, 9.17) is 11.6 Å². The second-order valence-electron chi connectivity index (χ2n) is 5.56. The summed E-state index contributed by atoms with van der Waals surface area (Å²) in [6.07, 6.45) is 1.46. The largest absolute Gasteiger partial charge is 0.269 e. The molecule has 0 aliphatic carbocycles. The van der Waals surface area contributed by atoms with E-state index in [-0.39, 0.29) is 11.4 Å².